The third-order valence-electron chi connectivity index (χ3n) is 5.08. The number of hydrogen-bond acceptors (Lipinski definition) is 6. The van der Waals surface area contributed by atoms with Crippen LogP contribution in [0.3, 0.4) is 0 Å². The van der Waals surface area contributed by atoms with Crippen LogP contribution in [0, 0.1) is 5.92 Å². The SMILES string of the molecule is CN(C)C(=O)COC[C@H]1CN(CC2CCOCC2)Cc2nnn(C)c21. The number of rotatable bonds is 6. The van der Waals surface area contributed by atoms with Gasteiger partial charge in [-0.3, -0.25) is 14.4 Å². The second-order valence-corrected chi connectivity index (χ2v) is 7.30. The number of ether oxygens (including phenoxy) is 2. The van der Waals surface area contributed by atoms with E-state index in [4.69, 9.17) is 9.47 Å². The molecule has 0 N–H and O–H groups in total. The van der Waals surface area contributed by atoms with Gasteiger partial charge in [-0.2, -0.15) is 0 Å². The minimum absolute atomic E-state index is 0.0155. The topological polar surface area (TPSA) is 72.7 Å². The van der Waals surface area contributed by atoms with Crippen LogP contribution in [-0.2, 0) is 27.9 Å². The van der Waals surface area contributed by atoms with Crippen molar-refractivity contribution >= 4 is 5.91 Å². The number of carbonyl (C=O) groups excluding carboxylic acids is 1. The van der Waals surface area contributed by atoms with E-state index in [0.717, 1.165) is 57.1 Å². The molecule has 2 aliphatic rings. The summed E-state index contributed by atoms with van der Waals surface area (Å²) in [7, 11) is 5.41. The normalized spacial score (nSPS) is 22.0. The molecule has 25 heavy (non-hydrogen) atoms. The Bertz CT molecular complexity index is 583. The highest BCUT2D eigenvalue weighted by Gasteiger charge is 2.31. The van der Waals surface area contributed by atoms with E-state index >= 15 is 0 Å². The third-order valence-corrected chi connectivity index (χ3v) is 5.08. The largest absolute Gasteiger partial charge is 0.381 e. The van der Waals surface area contributed by atoms with E-state index in [-0.39, 0.29) is 18.4 Å². The van der Waals surface area contributed by atoms with Crippen LogP contribution < -0.4 is 0 Å². The molecule has 3 heterocycles. The average Bonchev–Trinajstić information content (AvgIpc) is 2.96. The molecule has 0 aliphatic carbocycles. The van der Waals surface area contributed by atoms with E-state index in [1.54, 1.807) is 19.0 Å². The minimum atomic E-state index is -0.0155. The zero-order valence-corrected chi connectivity index (χ0v) is 15.5. The summed E-state index contributed by atoms with van der Waals surface area (Å²) in [5, 5.41) is 8.53. The zero-order chi connectivity index (χ0) is 17.8. The molecule has 0 spiro atoms. The van der Waals surface area contributed by atoms with Gasteiger partial charge in [-0.05, 0) is 18.8 Å². The first-order valence-corrected chi connectivity index (χ1v) is 9.01. The Kier molecular flexibility index (Phi) is 6.03. The monoisotopic (exact) mass is 351 g/mol. The van der Waals surface area contributed by atoms with Crippen LogP contribution >= 0.6 is 0 Å². The van der Waals surface area contributed by atoms with Crippen LogP contribution in [-0.4, -0.2) is 84.3 Å². The maximum atomic E-state index is 11.7. The number of carbonyl (C=O) groups is 1. The van der Waals surface area contributed by atoms with Crippen LogP contribution in [0.5, 0.6) is 0 Å². The van der Waals surface area contributed by atoms with Crippen molar-refractivity contribution in [2.75, 3.05) is 53.6 Å². The highest BCUT2D eigenvalue weighted by molar-refractivity contribution is 5.76. The van der Waals surface area contributed by atoms with Crippen molar-refractivity contribution in [3.05, 3.63) is 11.4 Å². The van der Waals surface area contributed by atoms with Crippen LogP contribution in [0.2, 0.25) is 0 Å². The van der Waals surface area contributed by atoms with Crippen LogP contribution in [0.15, 0.2) is 0 Å². The first kappa shape index (κ1) is 18.3. The molecule has 0 radical (unpaired) electrons. The number of aromatic nitrogens is 3. The first-order valence-electron chi connectivity index (χ1n) is 9.01. The summed E-state index contributed by atoms with van der Waals surface area (Å²) < 4.78 is 13.0. The Labute approximate surface area is 149 Å². The molecule has 1 amide bonds. The van der Waals surface area contributed by atoms with Gasteiger partial charge in [-0.15, -0.1) is 5.10 Å². The number of amides is 1. The van der Waals surface area contributed by atoms with Gasteiger partial charge in [0, 0.05) is 59.9 Å². The molecule has 3 rings (SSSR count). The highest BCUT2D eigenvalue weighted by Crippen LogP contribution is 2.28. The van der Waals surface area contributed by atoms with Gasteiger partial charge in [0.2, 0.25) is 5.91 Å². The van der Waals surface area contributed by atoms with E-state index in [1.165, 1.54) is 0 Å². The summed E-state index contributed by atoms with van der Waals surface area (Å²) >= 11 is 0. The predicted octanol–water partition coefficient (Wildman–Crippen LogP) is 0.246. The Hall–Kier alpha value is -1.51. The lowest BCUT2D eigenvalue weighted by Crippen LogP contribution is -2.40. The molecule has 0 bridgehead atoms. The molecule has 8 heteroatoms. The molecule has 1 aromatic heterocycles. The molecule has 1 saturated heterocycles. The van der Waals surface area contributed by atoms with E-state index in [1.807, 2.05) is 11.7 Å². The van der Waals surface area contributed by atoms with Crippen LogP contribution in [0.4, 0.5) is 0 Å². The Balaban J connectivity index is 1.61. The lowest BCUT2D eigenvalue weighted by atomic mass is 9.95. The fraction of sp³-hybridized carbons (Fsp3) is 0.824. The van der Waals surface area contributed by atoms with E-state index in [0.29, 0.717) is 12.5 Å². The van der Waals surface area contributed by atoms with Crippen LogP contribution in [0.1, 0.15) is 30.1 Å². The molecule has 1 atom stereocenters. The van der Waals surface area contributed by atoms with Crippen molar-refractivity contribution in [2.45, 2.75) is 25.3 Å². The molecular formula is C17H29N5O3. The summed E-state index contributed by atoms with van der Waals surface area (Å²) in [5.41, 5.74) is 2.17. The first-order chi connectivity index (χ1) is 12.0. The average molecular weight is 351 g/mol. The maximum absolute atomic E-state index is 11.7. The predicted molar refractivity (Wildman–Crippen MR) is 92.1 cm³/mol. The van der Waals surface area contributed by atoms with Crippen molar-refractivity contribution in [2.24, 2.45) is 13.0 Å². The molecule has 0 aromatic carbocycles. The fourth-order valence-electron chi connectivity index (χ4n) is 3.68. The Morgan fingerprint density at radius 3 is 2.84 bits per heavy atom. The van der Waals surface area contributed by atoms with Gasteiger partial charge >= 0.3 is 0 Å². The van der Waals surface area contributed by atoms with Gasteiger partial charge in [0.25, 0.3) is 0 Å². The molecule has 0 unspecified atom stereocenters. The molecule has 140 valence electrons. The van der Waals surface area contributed by atoms with Crippen molar-refractivity contribution in [1.29, 1.82) is 0 Å². The second-order valence-electron chi connectivity index (χ2n) is 7.30. The number of nitrogens with zero attached hydrogens (tertiary/aromatic N) is 5. The van der Waals surface area contributed by atoms with Crippen molar-refractivity contribution in [1.82, 2.24) is 24.8 Å². The minimum Gasteiger partial charge on any atom is -0.381 e. The standard InChI is InChI=1S/C17H29N5O3/c1-20(2)16(23)12-25-11-14-9-22(8-13-4-6-24-7-5-13)10-15-17(14)21(3)19-18-15/h13-14H,4-12H2,1-3H3/t14-/m1/s1. The van der Waals surface area contributed by atoms with E-state index < -0.39 is 0 Å². The smallest absolute Gasteiger partial charge is 0.248 e. The Morgan fingerprint density at radius 1 is 1.36 bits per heavy atom. The summed E-state index contributed by atoms with van der Waals surface area (Å²) in [4.78, 5) is 15.7. The van der Waals surface area contributed by atoms with Gasteiger partial charge in [0.05, 0.1) is 12.3 Å². The maximum Gasteiger partial charge on any atom is 0.248 e. The van der Waals surface area contributed by atoms with Gasteiger partial charge in [-0.25, -0.2) is 0 Å². The summed E-state index contributed by atoms with van der Waals surface area (Å²) in [6.07, 6.45) is 2.25. The molecule has 8 nitrogen and oxygen atoms in total. The molecule has 1 aromatic rings. The third kappa shape index (κ3) is 4.56. The number of likely N-dealkylation sites (N-methyl/N-ethyl adjacent to an activating group) is 1. The zero-order valence-electron chi connectivity index (χ0n) is 15.5. The van der Waals surface area contributed by atoms with Crippen molar-refractivity contribution in [3.63, 3.8) is 0 Å². The summed E-state index contributed by atoms with van der Waals surface area (Å²) in [6, 6.07) is 0. The molecule has 2 aliphatic heterocycles. The van der Waals surface area contributed by atoms with Gasteiger partial charge < -0.3 is 14.4 Å². The van der Waals surface area contributed by atoms with Gasteiger partial charge in [-0.1, -0.05) is 5.21 Å². The molecule has 0 saturated carbocycles. The van der Waals surface area contributed by atoms with Gasteiger partial charge in [0.1, 0.15) is 12.3 Å². The number of fused-ring (bicyclic) bond motifs is 1. The molecule has 1 fully saturated rings. The Morgan fingerprint density at radius 2 is 2.12 bits per heavy atom. The van der Waals surface area contributed by atoms with E-state index in [2.05, 4.69) is 15.2 Å². The summed E-state index contributed by atoms with van der Waals surface area (Å²) in [6.45, 7) is 5.19. The second kappa shape index (κ2) is 8.25. The van der Waals surface area contributed by atoms with Crippen molar-refractivity contribution in [3.8, 4) is 0 Å². The van der Waals surface area contributed by atoms with E-state index in [9.17, 15) is 4.79 Å². The summed E-state index contributed by atoms with van der Waals surface area (Å²) in [5.74, 6) is 0.862. The van der Waals surface area contributed by atoms with Crippen molar-refractivity contribution < 1.29 is 14.3 Å². The number of aryl methyl sites for hydroxylation is 1. The number of hydrogen-bond donors (Lipinski definition) is 0. The lowest BCUT2D eigenvalue weighted by molar-refractivity contribution is -0.133. The highest BCUT2D eigenvalue weighted by atomic mass is 16.5. The molecular weight excluding hydrogens is 322 g/mol. The lowest BCUT2D eigenvalue weighted by Gasteiger charge is -2.35. The van der Waals surface area contributed by atoms with Crippen LogP contribution in [0.25, 0.3) is 0 Å². The fourth-order valence-corrected chi connectivity index (χ4v) is 3.68. The van der Waals surface area contributed by atoms with Gasteiger partial charge in [0.15, 0.2) is 0 Å². The quantitative estimate of drug-likeness (QED) is 0.731.